The molecule has 2 aromatic carbocycles. The van der Waals surface area contributed by atoms with Crippen LogP contribution in [0.15, 0.2) is 73.4 Å². The van der Waals surface area contributed by atoms with Gasteiger partial charge in [-0.05, 0) is 36.4 Å². The van der Waals surface area contributed by atoms with E-state index >= 15 is 0 Å². The SMILES string of the molecule is O=C(Cn1c(=O)[nH]c2ccccc2c1=O)Nc1ccc2oc(=O)ccc2c1. The summed E-state index contributed by atoms with van der Waals surface area (Å²) in [4.78, 5) is 50.7. The molecule has 4 rings (SSSR count). The molecule has 0 unspecified atom stereocenters. The van der Waals surface area contributed by atoms with Crippen molar-refractivity contribution in [3.8, 4) is 0 Å². The number of carbonyl (C=O) groups excluding carboxylic acids is 1. The number of fused-ring (bicyclic) bond motifs is 2. The Balaban J connectivity index is 1.62. The maximum atomic E-state index is 12.5. The number of para-hydroxylation sites is 1. The van der Waals surface area contributed by atoms with E-state index < -0.39 is 29.3 Å². The van der Waals surface area contributed by atoms with Crippen molar-refractivity contribution >= 4 is 33.5 Å². The van der Waals surface area contributed by atoms with Gasteiger partial charge in [-0.3, -0.25) is 14.2 Å². The van der Waals surface area contributed by atoms with Gasteiger partial charge in [-0.25, -0.2) is 9.59 Å². The molecule has 134 valence electrons. The minimum Gasteiger partial charge on any atom is -0.423 e. The summed E-state index contributed by atoms with van der Waals surface area (Å²) in [5.74, 6) is -0.533. The van der Waals surface area contributed by atoms with E-state index in [0.717, 1.165) is 4.57 Å². The number of hydrogen-bond acceptors (Lipinski definition) is 5. The fraction of sp³-hybridized carbons (Fsp3) is 0.0526. The van der Waals surface area contributed by atoms with Crippen molar-refractivity contribution in [1.29, 1.82) is 0 Å². The minimum atomic E-state index is -0.658. The van der Waals surface area contributed by atoms with E-state index in [4.69, 9.17) is 4.42 Å². The summed E-state index contributed by atoms with van der Waals surface area (Å²) in [6.07, 6.45) is 0. The first-order valence-corrected chi connectivity index (χ1v) is 8.07. The molecule has 8 nitrogen and oxygen atoms in total. The number of nitrogens with zero attached hydrogens (tertiary/aromatic N) is 1. The standard InChI is InChI=1S/C19H13N3O5/c23-16(20-12-6-7-15-11(9-12)5-8-17(24)27-15)10-22-18(25)13-3-1-2-4-14(13)21-19(22)26/h1-9H,10H2,(H,20,23)(H,21,26). The molecule has 27 heavy (non-hydrogen) atoms. The number of carbonyl (C=O) groups is 1. The molecule has 0 aliphatic carbocycles. The van der Waals surface area contributed by atoms with Crippen LogP contribution in [0, 0.1) is 0 Å². The normalized spacial score (nSPS) is 11.0. The van der Waals surface area contributed by atoms with Gasteiger partial charge in [-0.1, -0.05) is 12.1 Å². The van der Waals surface area contributed by atoms with Crippen molar-refractivity contribution in [2.45, 2.75) is 6.54 Å². The molecule has 4 aromatic rings. The smallest absolute Gasteiger partial charge is 0.336 e. The molecule has 0 aliphatic rings. The van der Waals surface area contributed by atoms with Crippen molar-refractivity contribution in [1.82, 2.24) is 9.55 Å². The van der Waals surface area contributed by atoms with Crippen molar-refractivity contribution < 1.29 is 9.21 Å². The van der Waals surface area contributed by atoms with E-state index in [1.165, 1.54) is 6.07 Å². The zero-order valence-corrected chi connectivity index (χ0v) is 13.9. The molecule has 0 saturated carbocycles. The Labute approximate surface area is 150 Å². The predicted molar refractivity (Wildman–Crippen MR) is 99.9 cm³/mol. The molecular weight excluding hydrogens is 350 g/mol. The van der Waals surface area contributed by atoms with E-state index in [9.17, 15) is 19.2 Å². The lowest BCUT2D eigenvalue weighted by Gasteiger charge is -2.08. The summed E-state index contributed by atoms with van der Waals surface area (Å²) in [5.41, 5.74) is -0.400. The van der Waals surface area contributed by atoms with Crippen LogP contribution < -0.4 is 22.2 Å². The zero-order valence-electron chi connectivity index (χ0n) is 13.9. The summed E-state index contributed by atoms with van der Waals surface area (Å²) < 4.78 is 5.88. The topological polar surface area (TPSA) is 114 Å². The summed E-state index contributed by atoms with van der Waals surface area (Å²) in [7, 11) is 0. The number of benzene rings is 2. The monoisotopic (exact) mass is 363 g/mol. The molecule has 0 radical (unpaired) electrons. The number of H-pyrrole nitrogens is 1. The molecule has 0 bridgehead atoms. The molecule has 0 aliphatic heterocycles. The van der Waals surface area contributed by atoms with Crippen LogP contribution in [0.2, 0.25) is 0 Å². The summed E-state index contributed by atoms with van der Waals surface area (Å²) in [6.45, 7) is -0.430. The fourth-order valence-electron chi connectivity index (χ4n) is 2.84. The third kappa shape index (κ3) is 3.15. The van der Waals surface area contributed by atoms with Gasteiger partial charge in [0.15, 0.2) is 0 Å². The van der Waals surface area contributed by atoms with Gasteiger partial charge in [0.1, 0.15) is 12.1 Å². The number of amides is 1. The lowest BCUT2D eigenvalue weighted by Crippen LogP contribution is -2.38. The number of aromatic nitrogens is 2. The quantitative estimate of drug-likeness (QED) is 0.535. The van der Waals surface area contributed by atoms with Crippen LogP contribution in [-0.2, 0) is 11.3 Å². The van der Waals surface area contributed by atoms with Gasteiger partial charge < -0.3 is 14.7 Å². The molecule has 0 atom stereocenters. The highest BCUT2D eigenvalue weighted by atomic mass is 16.4. The van der Waals surface area contributed by atoms with Crippen LogP contribution in [0.3, 0.4) is 0 Å². The molecule has 0 saturated heterocycles. The molecule has 2 heterocycles. The molecule has 0 spiro atoms. The van der Waals surface area contributed by atoms with Crippen molar-refractivity contribution in [2.24, 2.45) is 0 Å². The molecule has 2 aromatic heterocycles. The summed E-state index contributed by atoms with van der Waals surface area (Å²) in [5, 5.41) is 3.59. The van der Waals surface area contributed by atoms with Gasteiger partial charge in [0.2, 0.25) is 5.91 Å². The van der Waals surface area contributed by atoms with E-state index in [1.54, 1.807) is 48.5 Å². The third-order valence-corrected chi connectivity index (χ3v) is 4.09. The number of anilines is 1. The maximum Gasteiger partial charge on any atom is 0.336 e. The molecule has 2 N–H and O–H groups in total. The number of aromatic amines is 1. The van der Waals surface area contributed by atoms with Crippen LogP contribution >= 0.6 is 0 Å². The molecule has 1 amide bonds. The highest BCUT2D eigenvalue weighted by molar-refractivity contribution is 5.93. The van der Waals surface area contributed by atoms with Gasteiger partial charge in [0.05, 0.1) is 10.9 Å². The van der Waals surface area contributed by atoms with Gasteiger partial charge in [-0.2, -0.15) is 0 Å². The van der Waals surface area contributed by atoms with E-state index in [0.29, 0.717) is 27.6 Å². The lowest BCUT2D eigenvalue weighted by molar-refractivity contribution is -0.116. The third-order valence-electron chi connectivity index (χ3n) is 4.09. The number of nitrogens with one attached hydrogen (secondary N) is 2. The Morgan fingerprint density at radius 3 is 2.70 bits per heavy atom. The van der Waals surface area contributed by atoms with E-state index in [2.05, 4.69) is 10.3 Å². The van der Waals surface area contributed by atoms with Gasteiger partial charge in [0.25, 0.3) is 5.56 Å². The van der Waals surface area contributed by atoms with E-state index in [1.807, 2.05) is 0 Å². The van der Waals surface area contributed by atoms with Crippen molar-refractivity contribution in [3.05, 3.63) is 85.9 Å². The average molecular weight is 363 g/mol. The highest BCUT2D eigenvalue weighted by Crippen LogP contribution is 2.17. The molecule has 0 fully saturated rings. The first-order chi connectivity index (χ1) is 13.0. The minimum absolute atomic E-state index is 0.325. The summed E-state index contributed by atoms with van der Waals surface area (Å²) >= 11 is 0. The Kier molecular flexibility index (Phi) is 3.92. The van der Waals surface area contributed by atoms with Gasteiger partial charge >= 0.3 is 11.3 Å². The van der Waals surface area contributed by atoms with E-state index in [-0.39, 0.29) is 0 Å². The fourth-order valence-corrected chi connectivity index (χ4v) is 2.84. The second-order valence-electron chi connectivity index (χ2n) is 5.92. The van der Waals surface area contributed by atoms with Crippen molar-refractivity contribution in [3.63, 3.8) is 0 Å². The first-order valence-electron chi connectivity index (χ1n) is 8.07. The largest absolute Gasteiger partial charge is 0.423 e. The second kappa shape index (κ2) is 6.41. The van der Waals surface area contributed by atoms with Crippen LogP contribution in [0.25, 0.3) is 21.9 Å². The van der Waals surface area contributed by atoms with Crippen LogP contribution in [-0.4, -0.2) is 15.5 Å². The Bertz CT molecular complexity index is 1360. The van der Waals surface area contributed by atoms with Gasteiger partial charge in [0, 0.05) is 17.1 Å². The predicted octanol–water partition coefficient (Wildman–Crippen LogP) is 1.43. The first kappa shape index (κ1) is 16.5. The maximum absolute atomic E-state index is 12.5. The van der Waals surface area contributed by atoms with Crippen LogP contribution in [0.4, 0.5) is 5.69 Å². The highest BCUT2D eigenvalue weighted by Gasteiger charge is 2.11. The molecule has 8 heteroatoms. The summed E-state index contributed by atoms with van der Waals surface area (Å²) in [6, 6.07) is 14.2. The Hall–Kier alpha value is -3.94. The van der Waals surface area contributed by atoms with Crippen molar-refractivity contribution in [2.75, 3.05) is 5.32 Å². The lowest BCUT2D eigenvalue weighted by atomic mass is 10.2. The Morgan fingerprint density at radius 2 is 1.85 bits per heavy atom. The zero-order chi connectivity index (χ0) is 19.0. The number of hydrogen-bond donors (Lipinski definition) is 2. The van der Waals surface area contributed by atoms with Gasteiger partial charge in [-0.15, -0.1) is 0 Å². The molecular formula is C19H13N3O5. The Morgan fingerprint density at radius 1 is 1.04 bits per heavy atom. The average Bonchev–Trinajstić information content (AvgIpc) is 2.65. The number of rotatable bonds is 3. The van der Waals surface area contributed by atoms with Crippen LogP contribution in [0.5, 0.6) is 0 Å². The second-order valence-corrected chi connectivity index (χ2v) is 5.92. The van der Waals surface area contributed by atoms with Crippen LogP contribution in [0.1, 0.15) is 0 Å².